The number of nitrogens with zero attached hydrogens (tertiary/aromatic N) is 1. The molecule has 9 nitrogen and oxygen atoms in total. The molecule has 2 aromatic rings. The van der Waals surface area contributed by atoms with Crippen LogP contribution in [0.2, 0.25) is 0 Å². The molecule has 0 saturated heterocycles. The molecule has 1 aliphatic rings. The highest BCUT2D eigenvalue weighted by Crippen LogP contribution is 2.29. The number of nitrogens with one attached hydrogen (secondary N) is 3. The molecular formula is C19H19N5O4. The summed E-state index contributed by atoms with van der Waals surface area (Å²) in [6.45, 7) is 0.230. The number of hydrazone groups is 1. The molecule has 2 amide bonds. The van der Waals surface area contributed by atoms with E-state index in [1.807, 2.05) is 0 Å². The number of aliphatic carboxylic acids is 1. The summed E-state index contributed by atoms with van der Waals surface area (Å²) >= 11 is 0. The first-order valence-electron chi connectivity index (χ1n) is 8.50. The van der Waals surface area contributed by atoms with Crippen molar-refractivity contribution >= 4 is 35.4 Å². The van der Waals surface area contributed by atoms with Gasteiger partial charge in [-0.05, 0) is 29.3 Å². The van der Waals surface area contributed by atoms with E-state index in [1.54, 1.807) is 42.5 Å². The molecule has 28 heavy (non-hydrogen) atoms. The fourth-order valence-corrected chi connectivity index (χ4v) is 2.89. The second kappa shape index (κ2) is 8.21. The minimum atomic E-state index is -1.10. The van der Waals surface area contributed by atoms with Crippen molar-refractivity contribution in [2.45, 2.75) is 19.0 Å². The lowest BCUT2D eigenvalue weighted by Crippen LogP contribution is -2.38. The largest absolute Gasteiger partial charge is 0.481 e. The van der Waals surface area contributed by atoms with Crippen LogP contribution in [0.1, 0.15) is 27.9 Å². The Kier molecular flexibility index (Phi) is 5.54. The van der Waals surface area contributed by atoms with Crippen LogP contribution in [0.4, 0.5) is 11.4 Å². The summed E-state index contributed by atoms with van der Waals surface area (Å²) in [5.41, 5.74) is 2.91. The smallest absolute Gasteiger partial charge is 0.305 e. The van der Waals surface area contributed by atoms with E-state index in [2.05, 4.69) is 21.1 Å². The number of hydrogen-bond donors (Lipinski definition) is 5. The number of fused-ring (bicyclic) bond motifs is 1. The van der Waals surface area contributed by atoms with E-state index in [0.29, 0.717) is 16.9 Å². The van der Waals surface area contributed by atoms with Gasteiger partial charge in [0.1, 0.15) is 6.04 Å². The predicted octanol–water partition coefficient (Wildman–Crippen LogP) is 1.12. The number of carbonyl (C=O) groups is 3. The molecule has 1 unspecified atom stereocenters. The van der Waals surface area contributed by atoms with E-state index in [4.69, 9.17) is 10.9 Å². The van der Waals surface area contributed by atoms with E-state index in [9.17, 15) is 14.4 Å². The first-order chi connectivity index (χ1) is 13.5. The second-order valence-corrected chi connectivity index (χ2v) is 6.21. The van der Waals surface area contributed by atoms with Crippen molar-refractivity contribution in [2.75, 3.05) is 10.6 Å². The lowest BCUT2D eigenvalue weighted by molar-refractivity contribution is -0.139. The summed E-state index contributed by atoms with van der Waals surface area (Å²) in [5, 5.41) is 20.9. The van der Waals surface area contributed by atoms with Gasteiger partial charge in [-0.15, -0.1) is 0 Å². The highest BCUT2D eigenvalue weighted by Gasteiger charge is 2.27. The highest BCUT2D eigenvalue weighted by atomic mass is 16.4. The molecule has 0 aromatic heterocycles. The molecule has 1 aliphatic heterocycles. The molecule has 6 N–H and O–H groups in total. The number of carbonyl (C=O) groups excluding carboxylic acids is 2. The number of para-hydroxylation sites is 1. The molecule has 0 radical (unpaired) electrons. The minimum Gasteiger partial charge on any atom is -0.481 e. The van der Waals surface area contributed by atoms with Crippen molar-refractivity contribution in [3.63, 3.8) is 0 Å². The fraction of sp³-hybridized carbons (Fsp3) is 0.158. The summed E-state index contributed by atoms with van der Waals surface area (Å²) in [6, 6.07) is 11.0. The van der Waals surface area contributed by atoms with Gasteiger partial charge >= 0.3 is 5.97 Å². The van der Waals surface area contributed by atoms with Crippen LogP contribution in [0.15, 0.2) is 47.6 Å². The second-order valence-electron chi connectivity index (χ2n) is 6.21. The van der Waals surface area contributed by atoms with Crippen LogP contribution >= 0.6 is 0 Å². The van der Waals surface area contributed by atoms with Crippen LogP contribution in [0.25, 0.3) is 0 Å². The van der Waals surface area contributed by atoms with Crippen LogP contribution in [0.5, 0.6) is 0 Å². The zero-order valence-corrected chi connectivity index (χ0v) is 14.8. The number of amides is 2. The number of carboxylic acid groups (broad SMARTS) is 1. The molecule has 0 fully saturated rings. The third kappa shape index (κ3) is 4.26. The fourth-order valence-electron chi connectivity index (χ4n) is 2.89. The van der Waals surface area contributed by atoms with Crippen LogP contribution in [0, 0.1) is 0 Å². The monoisotopic (exact) mass is 381 g/mol. The lowest BCUT2D eigenvalue weighted by atomic mass is 10.1. The SMILES string of the molecule is NN=Cc1ccc(C(=O)Nc2cccc3c2NC(CC(=O)O)C(=O)NC3)cc1. The van der Waals surface area contributed by atoms with Gasteiger partial charge < -0.3 is 26.9 Å². The Morgan fingerprint density at radius 3 is 2.68 bits per heavy atom. The molecule has 2 aromatic carbocycles. The van der Waals surface area contributed by atoms with Gasteiger partial charge in [0.25, 0.3) is 5.91 Å². The Labute approximate surface area is 160 Å². The van der Waals surface area contributed by atoms with Gasteiger partial charge in [-0.3, -0.25) is 14.4 Å². The molecule has 0 saturated carbocycles. The summed E-state index contributed by atoms with van der Waals surface area (Å²) in [6.07, 6.45) is 1.09. The zero-order chi connectivity index (χ0) is 20.1. The van der Waals surface area contributed by atoms with Crippen molar-refractivity contribution in [1.82, 2.24) is 5.32 Å². The standard InChI is InChI=1S/C19H19N5O4/c20-22-9-11-4-6-12(7-5-11)18(27)24-14-3-1-2-13-10-21-19(28)15(8-16(25)26)23-17(13)14/h1-7,9,15,23H,8,10,20H2,(H,21,28)(H,24,27)(H,25,26). The Morgan fingerprint density at radius 1 is 1.25 bits per heavy atom. The van der Waals surface area contributed by atoms with E-state index in [1.165, 1.54) is 6.21 Å². The molecule has 1 heterocycles. The maximum atomic E-state index is 12.6. The number of rotatable bonds is 5. The van der Waals surface area contributed by atoms with Crippen LogP contribution in [0.3, 0.4) is 0 Å². The summed E-state index contributed by atoms with van der Waals surface area (Å²) in [7, 11) is 0. The Bertz CT molecular complexity index is 940. The number of anilines is 2. The minimum absolute atomic E-state index is 0.230. The van der Waals surface area contributed by atoms with Crippen molar-refractivity contribution in [2.24, 2.45) is 10.9 Å². The van der Waals surface area contributed by atoms with Crippen molar-refractivity contribution in [1.29, 1.82) is 0 Å². The Morgan fingerprint density at radius 2 is 2.00 bits per heavy atom. The maximum absolute atomic E-state index is 12.6. The first-order valence-corrected chi connectivity index (χ1v) is 8.50. The third-order valence-corrected chi connectivity index (χ3v) is 4.26. The normalized spacial score (nSPS) is 15.9. The average molecular weight is 381 g/mol. The lowest BCUT2D eigenvalue weighted by Gasteiger charge is -2.18. The Hall–Kier alpha value is -3.88. The number of hydrogen-bond acceptors (Lipinski definition) is 6. The van der Waals surface area contributed by atoms with Crippen molar-refractivity contribution in [3.8, 4) is 0 Å². The molecular weight excluding hydrogens is 362 g/mol. The Balaban J connectivity index is 1.84. The molecule has 0 aliphatic carbocycles. The average Bonchev–Trinajstić information content (AvgIpc) is 2.82. The third-order valence-electron chi connectivity index (χ3n) is 4.26. The van der Waals surface area contributed by atoms with Gasteiger partial charge in [-0.1, -0.05) is 24.3 Å². The maximum Gasteiger partial charge on any atom is 0.305 e. The van der Waals surface area contributed by atoms with E-state index in [-0.39, 0.29) is 18.9 Å². The number of benzene rings is 2. The van der Waals surface area contributed by atoms with Gasteiger partial charge in [0, 0.05) is 12.1 Å². The summed E-state index contributed by atoms with van der Waals surface area (Å²) in [4.78, 5) is 35.8. The molecule has 0 bridgehead atoms. The van der Waals surface area contributed by atoms with Crippen molar-refractivity contribution < 1.29 is 19.5 Å². The van der Waals surface area contributed by atoms with E-state index in [0.717, 1.165) is 11.1 Å². The molecule has 3 rings (SSSR count). The topological polar surface area (TPSA) is 146 Å². The highest BCUT2D eigenvalue weighted by molar-refractivity contribution is 6.07. The molecule has 1 atom stereocenters. The van der Waals surface area contributed by atoms with Gasteiger partial charge in [-0.25, -0.2) is 0 Å². The van der Waals surface area contributed by atoms with Crippen LogP contribution < -0.4 is 21.8 Å². The van der Waals surface area contributed by atoms with Gasteiger partial charge in [0.2, 0.25) is 5.91 Å². The summed E-state index contributed by atoms with van der Waals surface area (Å²) in [5.74, 6) is 3.26. The van der Waals surface area contributed by atoms with Crippen molar-refractivity contribution in [3.05, 3.63) is 59.2 Å². The molecule has 9 heteroatoms. The number of carboxylic acids is 1. The van der Waals surface area contributed by atoms with Crippen LogP contribution in [-0.4, -0.2) is 35.1 Å². The number of nitrogens with two attached hydrogens (primary N) is 1. The van der Waals surface area contributed by atoms with Gasteiger partial charge in [-0.2, -0.15) is 5.10 Å². The van der Waals surface area contributed by atoms with Gasteiger partial charge in [0.05, 0.1) is 24.0 Å². The zero-order valence-electron chi connectivity index (χ0n) is 14.8. The summed E-state index contributed by atoms with van der Waals surface area (Å²) < 4.78 is 0. The van der Waals surface area contributed by atoms with E-state index >= 15 is 0 Å². The molecule has 0 spiro atoms. The predicted molar refractivity (Wildman–Crippen MR) is 104 cm³/mol. The van der Waals surface area contributed by atoms with Gasteiger partial charge in [0.15, 0.2) is 0 Å². The quantitative estimate of drug-likeness (QED) is 0.298. The molecule has 144 valence electrons. The first kappa shape index (κ1) is 18.9. The van der Waals surface area contributed by atoms with E-state index < -0.39 is 17.9 Å². The van der Waals surface area contributed by atoms with Crippen LogP contribution in [-0.2, 0) is 16.1 Å².